The fourth-order valence-electron chi connectivity index (χ4n) is 5.62. The second kappa shape index (κ2) is 15.4. The third-order valence-electron chi connectivity index (χ3n) is 8.03. The first kappa shape index (κ1) is 33.8. The molecule has 2 amide bonds. The third kappa shape index (κ3) is 8.42. The van der Waals surface area contributed by atoms with Crippen LogP contribution in [0.25, 0.3) is 0 Å². The lowest BCUT2D eigenvalue weighted by atomic mass is 10.0. The Labute approximate surface area is 285 Å². The number of carbonyl (C=O) groups excluding carboxylic acids is 2. The number of amides is 2. The van der Waals surface area contributed by atoms with Gasteiger partial charge in [-0.05, 0) is 66.4 Å². The van der Waals surface area contributed by atoms with Crippen LogP contribution in [0.2, 0.25) is 15.1 Å². The van der Waals surface area contributed by atoms with Crippen molar-refractivity contribution in [1.82, 2.24) is 10.2 Å². The predicted molar refractivity (Wildman–Crippen MR) is 184 cm³/mol. The monoisotopic (exact) mass is 697 g/mol. The summed E-state index contributed by atoms with van der Waals surface area (Å²) in [6.07, 6.45) is 4.00. The van der Waals surface area contributed by atoms with Crippen LogP contribution in [0.15, 0.2) is 108 Å². The molecule has 0 bridgehead atoms. The first-order valence-electron chi connectivity index (χ1n) is 15.0. The summed E-state index contributed by atoms with van der Waals surface area (Å²) < 4.78 is 29.2. The summed E-state index contributed by atoms with van der Waals surface area (Å²) in [6.45, 7) is -0.596. The molecule has 0 saturated heterocycles. The highest BCUT2D eigenvalue weighted by molar-refractivity contribution is 7.92. The Balaban J connectivity index is 1.58. The highest BCUT2D eigenvalue weighted by Crippen LogP contribution is 2.33. The van der Waals surface area contributed by atoms with E-state index >= 15 is 0 Å². The minimum Gasteiger partial charge on any atom is -0.352 e. The van der Waals surface area contributed by atoms with Gasteiger partial charge in [0.25, 0.3) is 10.0 Å². The lowest BCUT2D eigenvalue weighted by Crippen LogP contribution is -2.54. The molecule has 1 saturated carbocycles. The number of nitrogens with one attached hydrogen (secondary N) is 1. The van der Waals surface area contributed by atoms with Crippen LogP contribution < -0.4 is 9.62 Å². The van der Waals surface area contributed by atoms with Gasteiger partial charge in [-0.3, -0.25) is 13.9 Å². The highest BCUT2D eigenvalue weighted by atomic mass is 35.5. The van der Waals surface area contributed by atoms with E-state index in [0.717, 1.165) is 41.1 Å². The molecule has 1 aliphatic rings. The zero-order chi connectivity index (χ0) is 32.7. The van der Waals surface area contributed by atoms with Gasteiger partial charge >= 0.3 is 0 Å². The normalized spacial score (nSPS) is 14.1. The number of benzene rings is 4. The number of halogens is 3. The van der Waals surface area contributed by atoms with Crippen molar-refractivity contribution in [2.24, 2.45) is 0 Å². The molecule has 0 heterocycles. The van der Waals surface area contributed by atoms with Gasteiger partial charge in [0.1, 0.15) is 12.6 Å². The van der Waals surface area contributed by atoms with E-state index < -0.39 is 28.5 Å². The molecule has 4 aromatic rings. The summed E-state index contributed by atoms with van der Waals surface area (Å²) in [6, 6.07) is 27.7. The molecule has 0 radical (unpaired) electrons. The Morgan fingerprint density at radius 2 is 1.39 bits per heavy atom. The highest BCUT2D eigenvalue weighted by Gasteiger charge is 2.36. The average molecular weight is 699 g/mol. The van der Waals surface area contributed by atoms with Crippen molar-refractivity contribution in [1.29, 1.82) is 0 Å². The maximum atomic E-state index is 14.6. The molecular formula is C35H34Cl3N3O4S. The van der Waals surface area contributed by atoms with Crippen LogP contribution >= 0.6 is 34.8 Å². The largest absolute Gasteiger partial charge is 0.352 e. The molecule has 1 atom stereocenters. The van der Waals surface area contributed by atoms with Gasteiger partial charge in [0.15, 0.2) is 0 Å². The Hall–Kier alpha value is -3.56. The van der Waals surface area contributed by atoms with Gasteiger partial charge in [0.2, 0.25) is 11.8 Å². The van der Waals surface area contributed by atoms with Crippen molar-refractivity contribution in [3.63, 3.8) is 0 Å². The maximum Gasteiger partial charge on any atom is 0.264 e. The van der Waals surface area contributed by atoms with E-state index in [-0.39, 0.29) is 45.5 Å². The maximum absolute atomic E-state index is 14.6. The number of carbonyl (C=O) groups is 2. The van der Waals surface area contributed by atoms with Crippen molar-refractivity contribution in [2.45, 2.75) is 55.6 Å². The van der Waals surface area contributed by atoms with Gasteiger partial charge in [0.05, 0.1) is 15.6 Å². The number of sulfonamides is 1. The van der Waals surface area contributed by atoms with Crippen LogP contribution in [0.5, 0.6) is 0 Å². The molecule has 5 rings (SSSR count). The van der Waals surface area contributed by atoms with Gasteiger partial charge in [-0.25, -0.2) is 8.42 Å². The minimum absolute atomic E-state index is 0.0125. The van der Waals surface area contributed by atoms with Crippen molar-refractivity contribution in [3.8, 4) is 0 Å². The number of rotatable bonds is 12. The standard InChI is InChI=1S/C35H34Cl3N3O4S/c36-27-17-15-26(16-18-27)23-40(33(21-25-9-3-1-4-10-25)35(43)39-29-11-7-8-12-29)34(42)24-41(32-22-28(37)19-20-31(32)38)46(44,45)30-13-5-2-6-14-30/h1-6,9-10,13-20,22,29,33H,7-8,11-12,21,23-24H2,(H,39,43)/t33-/m0/s1. The van der Waals surface area contributed by atoms with Crippen LogP contribution in [0.1, 0.15) is 36.8 Å². The fourth-order valence-corrected chi connectivity index (χ4v) is 7.63. The molecule has 0 unspecified atom stereocenters. The number of hydrogen-bond donors (Lipinski definition) is 1. The lowest BCUT2D eigenvalue weighted by molar-refractivity contribution is -0.140. The van der Waals surface area contributed by atoms with Crippen LogP contribution in [0.3, 0.4) is 0 Å². The Kier molecular flexibility index (Phi) is 11.3. The summed E-state index contributed by atoms with van der Waals surface area (Å²) in [5.41, 5.74) is 1.63. The molecule has 11 heteroatoms. The number of hydrogen-bond acceptors (Lipinski definition) is 4. The fraction of sp³-hybridized carbons (Fsp3) is 0.257. The molecule has 240 valence electrons. The zero-order valence-electron chi connectivity index (χ0n) is 25.0. The molecule has 1 aliphatic carbocycles. The Morgan fingerprint density at radius 1 is 0.783 bits per heavy atom. The van der Waals surface area contributed by atoms with Crippen LogP contribution in [-0.4, -0.2) is 43.8 Å². The Bertz CT molecular complexity index is 1750. The molecule has 7 nitrogen and oxygen atoms in total. The third-order valence-corrected chi connectivity index (χ3v) is 10.6. The van der Waals surface area contributed by atoms with Crippen molar-refractivity contribution < 1.29 is 18.0 Å². The van der Waals surface area contributed by atoms with E-state index in [4.69, 9.17) is 34.8 Å². The van der Waals surface area contributed by atoms with Crippen molar-refractivity contribution in [2.75, 3.05) is 10.8 Å². The molecule has 0 aliphatic heterocycles. The van der Waals surface area contributed by atoms with E-state index in [0.29, 0.717) is 5.02 Å². The number of anilines is 1. The molecule has 1 fully saturated rings. The first-order chi connectivity index (χ1) is 22.1. The summed E-state index contributed by atoms with van der Waals surface area (Å²) >= 11 is 19.0. The summed E-state index contributed by atoms with van der Waals surface area (Å²) in [4.78, 5) is 30.1. The van der Waals surface area contributed by atoms with Crippen molar-refractivity contribution in [3.05, 3.63) is 129 Å². The van der Waals surface area contributed by atoms with E-state index in [1.54, 1.807) is 48.5 Å². The van der Waals surface area contributed by atoms with Crippen molar-refractivity contribution >= 4 is 62.3 Å². The Morgan fingerprint density at radius 3 is 2.04 bits per heavy atom. The molecule has 4 aromatic carbocycles. The molecule has 1 N–H and O–H groups in total. The summed E-state index contributed by atoms with van der Waals surface area (Å²) in [5, 5.41) is 4.03. The molecule has 0 spiro atoms. The van der Waals surface area contributed by atoms with E-state index in [9.17, 15) is 18.0 Å². The smallest absolute Gasteiger partial charge is 0.264 e. The topological polar surface area (TPSA) is 86.8 Å². The number of nitrogens with zero attached hydrogens (tertiary/aromatic N) is 2. The van der Waals surface area contributed by atoms with Gasteiger partial charge in [-0.1, -0.05) is 108 Å². The van der Waals surface area contributed by atoms with Gasteiger partial charge in [0, 0.05) is 29.1 Å². The summed E-state index contributed by atoms with van der Waals surface area (Å²) in [7, 11) is -4.30. The quantitative estimate of drug-likeness (QED) is 0.166. The van der Waals surface area contributed by atoms with Gasteiger partial charge in [-0.2, -0.15) is 0 Å². The van der Waals surface area contributed by atoms with Crippen LogP contribution in [-0.2, 0) is 32.6 Å². The zero-order valence-corrected chi connectivity index (χ0v) is 28.1. The molecule has 0 aromatic heterocycles. The van der Waals surface area contributed by atoms with Crippen LogP contribution in [0.4, 0.5) is 5.69 Å². The SMILES string of the molecule is O=C(NC1CCCC1)[C@H](Cc1ccccc1)N(Cc1ccc(Cl)cc1)C(=O)CN(c1cc(Cl)ccc1Cl)S(=O)(=O)c1ccccc1. The molecule has 46 heavy (non-hydrogen) atoms. The van der Waals surface area contributed by atoms with Gasteiger partial charge in [-0.15, -0.1) is 0 Å². The van der Waals surface area contributed by atoms with E-state index in [2.05, 4.69) is 5.32 Å². The first-order valence-corrected chi connectivity index (χ1v) is 17.6. The second-order valence-corrected chi connectivity index (χ2v) is 14.4. The van der Waals surface area contributed by atoms with Crippen LogP contribution in [0, 0.1) is 0 Å². The second-order valence-electron chi connectivity index (χ2n) is 11.3. The van der Waals surface area contributed by atoms with E-state index in [1.165, 1.54) is 29.2 Å². The predicted octanol–water partition coefficient (Wildman–Crippen LogP) is 7.54. The van der Waals surface area contributed by atoms with E-state index in [1.807, 2.05) is 30.3 Å². The minimum atomic E-state index is -4.30. The lowest BCUT2D eigenvalue weighted by Gasteiger charge is -2.34. The van der Waals surface area contributed by atoms with Gasteiger partial charge < -0.3 is 10.2 Å². The molecular weight excluding hydrogens is 665 g/mol. The average Bonchev–Trinajstić information content (AvgIpc) is 3.57. The summed E-state index contributed by atoms with van der Waals surface area (Å²) in [5.74, 6) is -0.885.